The second kappa shape index (κ2) is 6.95. The SMILES string of the molecule is CCc1cccc(CC)c1N1CCCCNC(C)C1. The first-order chi connectivity index (χ1) is 9.26. The molecule has 0 radical (unpaired) electrons. The lowest BCUT2D eigenvalue weighted by Crippen LogP contribution is -2.43. The van der Waals surface area contributed by atoms with Crippen LogP contribution in [0.5, 0.6) is 0 Å². The third-order valence-corrected chi connectivity index (χ3v) is 4.12. The Hall–Kier alpha value is -1.02. The molecule has 1 aromatic rings. The van der Waals surface area contributed by atoms with E-state index in [0.717, 1.165) is 19.4 Å². The summed E-state index contributed by atoms with van der Waals surface area (Å²) in [7, 11) is 0. The summed E-state index contributed by atoms with van der Waals surface area (Å²) in [5.41, 5.74) is 4.53. The number of anilines is 1. The van der Waals surface area contributed by atoms with Gasteiger partial charge in [0.2, 0.25) is 0 Å². The number of hydrogen-bond donors (Lipinski definition) is 1. The number of nitrogens with zero attached hydrogens (tertiary/aromatic N) is 1. The minimum Gasteiger partial charge on any atom is -0.370 e. The van der Waals surface area contributed by atoms with Crippen molar-refractivity contribution in [2.45, 2.75) is 52.5 Å². The van der Waals surface area contributed by atoms with Crippen LogP contribution in [0.3, 0.4) is 0 Å². The highest BCUT2D eigenvalue weighted by Gasteiger charge is 2.18. The van der Waals surface area contributed by atoms with Gasteiger partial charge in [-0.1, -0.05) is 32.0 Å². The van der Waals surface area contributed by atoms with Gasteiger partial charge in [-0.3, -0.25) is 0 Å². The largest absolute Gasteiger partial charge is 0.370 e. The molecule has 1 aliphatic rings. The first kappa shape index (κ1) is 14.4. The third kappa shape index (κ3) is 3.50. The van der Waals surface area contributed by atoms with Crippen LogP contribution in [0.2, 0.25) is 0 Å². The van der Waals surface area contributed by atoms with Crippen LogP contribution in [0.1, 0.15) is 44.7 Å². The highest BCUT2D eigenvalue weighted by Crippen LogP contribution is 2.28. The third-order valence-electron chi connectivity index (χ3n) is 4.12. The van der Waals surface area contributed by atoms with Crippen LogP contribution >= 0.6 is 0 Å². The van der Waals surface area contributed by atoms with Crippen LogP contribution < -0.4 is 10.2 Å². The van der Waals surface area contributed by atoms with E-state index in [4.69, 9.17) is 0 Å². The Morgan fingerprint density at radius 3 is 2.47 bits per heavy atom. The number of hydrogen-bond acceptors (Lipinski definition) is 2. The zero-order valence-corrected chi connectivity index (χ0v) is 12.7. The van der Waals surface area contributed by atoms with Crippen LogP contribution in [-0.4, -0.2) is 25.7 Å². The van der Waals surface area contributed by atoms with Gasteiger partial charge in [0.25, 0.3) is 0 Å². The predicted molar refractivity (Wildman–Crippen MR) is 84.1 cm³/mol. The molecule has 1 saturated heterocycles. The topological polar surface area (TPSA) is 15.3 Å². The lowest BCUT2D eigenvalue weighted by Gasteiger charge is -2.33. The highest BCUT2D eigenvalue weighted by atomic mass is 15.2. The van der Waals surface area contributed by atoms with Gasteiger partial charge < -0.3 is 10.2 Å². The van der Waals surface area contributed by atoms with Crippen molar-refractivity contribution in [1.82, 2.24) is 5.32 Å². The van der Waals surface area contributed by atoms with E-state index in [1.165, 1.54) is 42.7 Å². The molecule has 1 unspecified atom stereocenters. The molecule has 0 aliphatic carbocycles. The average molecular weight is 260 g/mol. The van der Waals surface area contributed by atoms with E-state index in [1.54, 1.807) is 0 Å². The lowest BCUT2D eigenvalue weighted by atomic mass is 10.0. The zero-order valence-electron chi connectivity index (χ0n) is 12.7. The Labute approximate surface area is 118 Å². The molecule has 1 atom stereocenters. The van der Waals surface area contributed by atoms with Gasteiger partial charge >= 0.3 is 0 Å². The monoisotopic (exact) mass is 260 g/mol. The fourth-order valence-corrected chi connectivity index (χ4v) is 3.09. The number of rotatable bonds is 3. The van der Waals surface area contributed by atoms with Crippen LogP contribution in [-0.2, 0) is 12.8 Å². The molecule has 1 N–H and O–H groups in total. The van der Waals surface area contributed by atoms with Crippen molar-refractivity contribution in [2.24, 2.45) is 0 Å². The second-order valence-corrected chi connectivity index (χ2v) is 5.64. The van der Waals surface area contributed by atoms with Gasteiger partial charge in [-0.25, -0.2) is 0 Å². The summed E-state index contributed by atoms with van der Waals surface area (Å²) in [6.07, 6.45) is 4.83. The number of aryl methyl sites for hydroxylation is 2. The van der Waals surface area contributed by atoms with E-state index in [-0.39, 0.29) is 0 Å². The molecule has 2 nitrogen and oxygen atoms in total. The minimum atomic E-state index is 0.579. The first-order valence-electron chi connectivity index (χ1n) is 7.85. The predicted octanol–water partition coefficient (Wildman–Crippen LogP) is 3.39. The maximum atomic E-state index is 3.62. The molecule has 0 bridgehead atoms. The van der Waals surface area contributed by atoms with Crippen molar-refractivity contribution in [3.8, 4) is 0 Å². The molecular weight excluding hydrogens is 232 g/mol. The summed E-state index contributed by atoms with van der Waals surface area (Å²) in [4.78, 5) is 2.62. The summed E-state index contributed by atoms with van der Waals surface area (Å²) in [5.74, 6) is 0. The smallest absolute Gasteiger partial charge is 0.0431 e. The van der Waals surface area contributed by atoms with Gasteiger partial charge in [0.05, 0.1) is 0 Å². The van der Waals surface area contributed by atoms with E-state index in [2.05, 4.69) is 49.2 Å². The molecule has 1 fully saturated rings. The van der Waals surface area contributed by atoms with Crippen molar-refractivity contribution in [1.29, 1.82) is 0 Å². The van der Waals surface area contributed by atoms with Crippen LogP contribution in [0.25, 0.3) is 0 Å². The van der Waals surface area contributed by atoms with Crippen LogP contribution in [0, 0.1) is 0 Å². The molecule has 0 saturated carbocycles. The average Bonchev–Trinajstić information content (AvgIpc) is 2.41. The lowest BCUT2D eigenvalue weighted by molar-refractivity contribution is 0.484. The quantitative estimate of drug-likeness (QED) is 0.896. The second-order valence-electron chi connectivity index (χ2n) is 5.64. The van der Waals surface area contributed by atoms with Gasteiger partial charge in [0, 0.05) is 24.8 Å². The fourth-order valence-electron chi connectivity index (χ4n) is 3.09. The first-order valence-corrected chi connectivity index (χ1v) is 7.85. The number of nitrogens with one attached hydrogen (secondary N) is 1. The summed E-state index contributed by atoms with van der Waals surface area (Å²) in [6.45, 7) is 10.3. The zero-order chi connectivity index (χ0) is 13.7. The van der Waals surface area contributed by atoms with Crippen molar-refractivity contribution in [3.63, 3.8) is 0 Å². The van der Waals surface area contributed by atoms with E-state index in [1.807, 2.05) is 0 Å². The standard InChI is InChI=1S/C17H28N2/c1-4-15-9-8-10-16(5-2)17(15)19-12-7-6-11-18-14(3)13-19/h8-10,14,18H,4-7,11-13H2,1-3H3. The molecule has 2 rings (SSSR count). The summed E-state index contributed by atoms with van der Waals surface area (Å²) < 4.78 is 0. The van der Waals surface area contributed by atoms with E-state index in [9.17, 15) is 0 Å². The van der Waals surface area contributed by atoms with E-state index in [0.29, 0.717) is 6.04 Å². The van der Waals surface area contributed by atoms with Crippen LogP contribution in [0.4, 0.5) is 5.69 Å². The minimum absolute atomic E-state index is 0.579. The van der Waals surface area contributed by atoms with Crippen molar-refractivity contribution < 1.29 is 0 Å². The van der Waals surface area contributed by atoms with Gasteiger partial charge in [-0.05, 0) is 50.3 Å². The molecule has 0 aromatic heterocycles. The molecule has 1 aromatic carbocycles. The van der Waals surface area contributed by atoms with Crippen LogP contribution in [0.15, 0.2) is 18.2 Å². The Bertz CT molecular complexity index is 378. The van der Waals surface area contributed by atoms with Gasteiger partial charge in [0.1, 0.15) is 0 Å². The maximum Gasteiger partial charge on any atom is 0.0431 e. The highest BCUT2D eigenvalue weighted by molar-refractivity contribution is 5.60. The Balaban J connectivity index is 2.31. The van der Waals surface area contributed by atoms with Crippen molar-refractivity contribution >= 4 is 5.69 Å². The Kier molecular flexibility index (Phi) is 5.26. The van der Waals surface area contributed by atoms with Crippen molar-refractivity contribution in [2.75, 3.05) is 24.5 Å². The van der Waals surface area contributed by atoms with E-state index < -0.39 is 0 Å². The Morgan fingerprint density at radius 2 is 1.84 bits per heavy atom. The van der Waals surface area contributed by atoms with Gasteiger partial charge in [-0.15, -0.1) is 0 Å². The molecular formula is C17H28N2. The summed E-state index contributed by atoms with van der Waals surface area (Å²) in [5, 5.41) is 3.62. The maximum absolute atomic E-state index is 3.62. The van der Waals surface area contributed by atoms with Gasteiger partial charge in [0.15, 0.2) is 0 Å². The normalized spacial score (nSPS) is 21.0. The molecule has 1 aliphatic heterocycles. The Morgan fingerprint density at radius 1 is 1.16 bits per heavy atom. The summed E-state index contributed by atoms with van der Waals surface area (Å²) in [6, 6.07) is 7.39. The molecule has 1 heterocycles. The van der Waals surface area contributed by atoms with Gasteiger partial charge in [-0.2, -0.15) is 0 Å². The molecule has 2 heteroatoms. The molecule has 0 spiro atoms. The molecule has 0 amide bonds. The number of para-hydroxylation sites is 1. The summed E-state index contributed by atoms with van der Waals surface area (Å²) >= 11 is 0. The molecule has 106 valence electrons. The van der Waals surface area contributed by atoms with Crippen molar-refractivity contribution in [3.05, 3.63) is 29.3 Å². The number of benzene rings is 1. The molecule has 19 heavy (non-hydrogen) atoms. The van der Waals surface area contributed by atoms with E-state index >= 15 is 0 Å². The fraction of sp³-hybridized carbons (Fsp3) is 0.647.